The first kappa shape index (κ1) is 17.7. The van der Waals surface area contributed by atoms with Gasteiger partial charge < -0.3 is 10.1 Å². The Labute approximate surface area is 147 Å². The average molecular weight is 343 g/mol. The number of anilines is 1. The van der Waals surface area contributed by atoms with Crippen molar-refractivity contribution in [2.24, 2.45) is 0 Å². The van der Waals surface area contributed by atoms with Crippen molar-refractivity contribution >= 4 is 28.9 Å². The molecule has 0 unspecified atom stereocenters. The fourth-order valence-corrected chi connectivity index (χ4v) is 2.30. The second-order valence-corrected chi connectivity index (χ2v) is 5.81. The Morgan fingerprint density at radius 3 is 2.46 bits per heavy atom. The van der Waals surface area contributed by atoms with Crippen molar-refractivity contribution in [2.75, 3.05) is 12.4 Å². The molecule has 126 valence electrons. The van der Waals surface area contributed by atoms with Gasteiger partial charge in [0.2, 0.25) is 5.91 Å². The minimum absolute atomic E-state index is 0.176. The molecule has 2 rings (SSSR count). The summed E-state index contributed by atoms with van der Waals surface area (Å²) in [5, 5.41) is 3.41. The Morgan fingerprint density at radius 1 is 1.08 bits per heavy atom. The van der Waals surface area contributed by atoms with Crippen molar-refractivity contribution < 1.29 is 9.53 Å². The molecule has 2 aromatic carbocycles. The molecule has 0 aliphatic rings. The van der Waals surface area contributed by atoms with Crippen LogP contribution in [0.15, 0.2) is 42.5 Å². The summed E-state index contributed by atoms with van der Waals surface area (Å²) >= 11 is 5.20. The van der Waals surface area contributed by atoms with E-state index in [0.29, 0.717) is 5.11 Å². The van der Waals surface area contributed by atoms with Crippen LogP contribution < -0.4 is 20.9 Å². The smallest absolute Gasteiger partial charge is 0.242 e. The highest BCUT2D eigenvalue weighted by Gasteiger charge is 2.06. The molecular weight excluding hydrogens is 322 g/mol. The van der Waals surface area contributed by atoms with Gasteiger partial charge in [-0.15, -0.1) is 0 Å². The van der Waals surface area contributed by atoms with E-state index >= 15 is 0 Å². The maximum absolute atomic E-state index is 12.0. The number of ether oxygens (including phenoxy) is 1. The first-order valence-corrected chi connectivity index (χ1v) is 7.95. The standard InChI is InChI=1S/C18H21N3O2S/c1-12-5-4-6-16(13(12)2)19-18(24)21-20-17(22)11-14-7-9-15(23-3)10-8-14/h4-10H,11H2,1-3H3,(H,20,22)(H2,19,21,24). The normalized spacial score (nSPS) is 9.96. The summed E-state index contributed by atoms with van der Waals surface area (Å²) in [6.45, 7) is 4.05. The fraction of sp³-hybridized carbons (Fsp3) is 0.222. The van der Waals surface area contributed by atoms with Crippen molar-refractivity contribution in [2.45, 2.75) is 20.3 Å². The van der Waals surface area contributed by atoms with Crippen LogP contribution in [0, 0.1) is 13.8 Å². The van der Waals surface area contributed by atoms with Gasteiger partial charge >= 0.3 is 0 Å². The van der Waals surface area contributed by atoms with E-state index in [9.17, 15) is 4.79 Å². The van der Waals surface area contributed by atoms with E-state index in [1.165, 1.54) is 5.56 Å². The molecule has 24 heavy (non-hydrogen) atoms. The summed E-state index contributed by atoms with van der Waals surface area (Å²) in [7, 11) is 1.61. The lowest BCUT2D eigenvalue weighted by molar-refractivity contribution is -0.120. The summed E-state index contributed by atoms with van der Waals surface area (Å²) in [4.78, 5) is 12.0. The van der Waals surface area contributed by atoms with Gasteiger partial charge in [0.05, 0.1) is 13.5 Å². The number of benzene rings is 2. The van der Waals surface area contributed by atoms with E-state index in [1.54, 1.807) is 7.11 Å². The molecule has 3 N–H and O–H groups in total. The van der Waals surface area contributed by atoms with E-state index in [4.69, 9.17) is 17.0 Å². The number of amides is 1. The third-order valence-corrected chi connectivity index (χ3v) is 3.90. The zero-order chi connectivity index (χ0) is 17.5. The second-order valence-electron chi connectivity index (χ2n) is 5.40. The van der Waals surface area contributed by atoms with Gasteiger partial charge in [-0.25, -0.2) is 0 Å². The Bertz CT molecular complexity index is 730. The van der Waals surface area contributed by atoms with Crippen LogP contribution >= 0.6 is 12.2 Å². The fourth-order valence-electron chi connectivity index (χ4n) is 2.14. The lowest BCUT2D eigenvalue weighted by atomic mass is 10.1. The third kappa shape index (κ3) is 4.96. The summed E-state index contributed by atoms with van der Waals surface area (Å²) < 4.78 is 5.09. The third-order valence-electron chi connectivity index (χ3n) is 3.69. The van der Waals surface area contributed by atoms with Crippen molar-refractivity contribution in [1.82, 2.24) is 10.9 Å². The van der Waals surface area contributed by atoms with Crippen LogP contribution in [-0.2, 0) is 11.2 Å². The van der Waals surface area contributed by atoms with Crippen molar-refractivity contribution in [3.63, 3.8) is 0 Å². The van der Waals surface area contributed by atoms with Crippen LogP contribution in [0.4, 0.5) is 5.69 Å². The van der Waals surface area contributed by atoms with E-state index in [-0.39, 0.29) is 12.3 Å². The van der Waals surface area contributed by atoms with Crippen LogP contribution in [0.25, 0.3) is 0 Å². The van der Waals surface area contributed by atoms with Gasteiger partial charge in [0.1, 0.15) is 5.75 Å². The number of hydrazine groups is 1. The summed E-state index contributed by atoms with van der Waals surface area (Å²) in [6, 6.07) is 13.3. The number of carbonyl (C=O) groups excluding carboxylic acids is 1. The Morgan fingerprint density at radius 2 is 1.79 bits per heavy atom. The van der Waals surface area contributed by atoms with Gasteiger partial charge in [0, 0.05) is 5.69 Å². The van der Waals surface area contributed by atoms with Crippen LogP contribution in [0.2, 0.25) is 0 Å². The van der Waals surface area contributed by atoms with Gasteiger partial charge in [0.25, 0.3) is 0 Å². The first-order valence-electron chi connectivity index (χ1n) is 7.54. The van der Waals surface area contributed by atoms with Crippen molar-refractivity contribution in [1.29, 1.82) is 0 Å². The molecule has 0 heterocycles. The van der Waals surface area contributed by atoms with Gasteiger partial charge in [-0.05, 0) is 61.0 Å². The highest BCUT2D eigenvalue weighted by molar-refractivity contribution is 7.80. The molecule has 1 amide bonds. The summed E-state index contributed by atoms with van der Waals surface area (Å²) in [6.07, 6.45) is 0.253. The number of carbonyl (C=O) groups is 1. The van der Waals surface area contributed by atoms with E-state index < -0.39 is 0 Å². The Balaban J connectivity index is 1.82. The summed E-state index contributed by atoms with van der Waals surface area (Å²) in [5.41, 5.74) is 9.40. The minimum atomic E-state index is -0.176. The lowest BCUT2D eigenvalue weighted by Gasteiger charge is -2.14. The monoisotopic (exact) mass is 343 g/mol. The molecule has 0 aromatic heterocycles. The molecule has 0 saturated heterocycles. The number of rotatable bonds is 4. The molecule has 0 radical (unpaired) electrons. The highest BCUT2D eigenvalue weighted by atomic mass is 32.1. The number of nitrogens with one attached hydrogen (secondary N) is 3. The van der Waals surface area contributed by atoms with E-state index in [2.05, 4.69) is 16.2 Å². The molecule has 0 fully saturated rings. The summed E-state index contributed by atoms with van der Waals surface area (Å²) in [5.74, 6) is 0.585. The molecule has 0 aliphatic heterocycles. The zero-order valence-corrected chi connectivity index (χ0v) is 14.8. The largest absolute Gasteiger partial charge is 0.497 e. The van der Waals surface area contributed by atoms with Crippen LogP contribution in [0.5, 0.6) is 5.75 Å². The molecular formula is C18H21N3O2S. The minimum Gasteiger partial charge on any atom is -0.497 e. The molecule has 0 spiro atoms. The van der Waals surface area contributed by atoms with Crippen LogP contribution in [0.3, 0.4) is 0 Å². The highest BCUT2D eigenvalue weighted by Crippen LogP contribution is 2.17. The maximum Gasteiger partial charge on any atom is 0.242 e. The lowest BCUT2D eigenvalue weighted by Crippen LogP contribution is -2.44. The number of hydrogen-bond donors (Lipinski definition) is 3. The second kappa shape index (κ2) is 8.31. The van der Waals surface area contributed by atoms with Gasteiger partial charge in [0.15, 0.2) is 5.11 Å². The topological polar surface area (TPSA) is 62.4 Å². The number of methoxy groups -OCH3 is 1. The zero-order valence-electron chi connectivity index (χ0n) is 14.0. The maximum atomic E-state index is 12.0. The molecule has 0 saturated carbocycles. The molecule has 5 nitrogen and oxygen atoms in total. The predicted octanol–water partition coefficient (Wildman–Crippen LogP) is 2.87. The number of thiocarbonyl (C=S) groups is 1. The van der Waals surface area contributed by atoms with Crippen molar-refractivity contribution in [3.05, 3.63) is 59.2 Å². The molecule has 0 bridgehead atoms. The van der Waals surface area contributed by atoms with Crippen molar-refractivity contribution in [3.8, 4) is 5.75 Å². The number of hydrogen-bond acceptors (Lipinski definition) is 3. The van der Waals surface area contributed by atoms with Gasteiger partial charge in [-0.2, -0.15) is 0 Å². The van der Waals surface area contributed by atoms with Gasteiger partial charge in [-0.3, -0.25) is 15.6 Å². The van der Waals surface area contributed by atoms with Crippen LogP contribution in [-0.4, -0.2) is 18.1 Å². The molecule has 0 aliphatic carbocycles. The molecule has 0 atom stereocenters. The molecule has 2 aromatic rings. The predicted molar refractivity (Wildman–Crippen MR) is 100 cm³/mol. The molecule has 6 heteroatoms. The van der Waals surface area contributed by atoms with Crippen LogP contribution in [0.1, 0.15) is 16.7 Å². The quantitative estimate of drug-likeness (QED) is 0.589. The van der Waals surface area contributed by atoms with Gasteiger partial charge in [-0.1, -0.05) is 24.3 Å². The number of aryl methyl sites for hydroxylation is 1. The van der Waals surface area contributed by atoms with E-state index in [0.717, 1.165) is 22.6 Å². The Kier molecular flexibility index (Phi) is 6.14. The first-order chi connectivity index (χ1) is 11.5. The van der Waals surface area contributed by atoms with E-state index in [1.807, 2.05) is 56.3 Å². The average Bonchev–Trinajstić information content (AvgIpc) is 2.58. The SMILES string of the molecule is COc1ccc(CC(=O)NNC(=S)Nc2cccc(C)c2C)cc1. The Hall–Kier alpha value is -2.60.